The van der Waals surface area contributed by atoms with Gasteiger partial charge in [-0.25, -0.2) is 0 Å². The molecule has 0 unspecified atom stereocenters. The van der Waals surface area contributed by atoms with Gasteiger partial charge in [-0.2, -0.15) is 5.06 Å². The highest BCUT2D eigenvalue weighted by molar-refractivity contribution is 8.93. The van der Waals surface area contributed by atoms with Crippen LogP contribution in [0.15, 0.2) is 79.1 Å². The third kappa shape index (κ3) is 8.75. The number of rotatable bonds is 9. The summed E-state index contributed by atoms with van der Waals surface area (Å²) >= 11 is 0. The maximum Gasteiger partial charge on any atom is 0.0935 e. The van der Waals surface area contributed by atoms with E-state index in [4.69, 9.17) is 4.84 Å². The summed E-state index contributed by atoms with van der Waals surface area (Å²) in [5.74, 6) is 0. The molecule has 144 valence electrons. The Kier molecular flexibility index (Phi) is 11.8. The average Bonchev–Trinajstić information content (AvgIpc) is 2.70. The van der Waals surface area contributed by atoms with Crippen molar-refractivity contribution in [1.29, 1.82) is 0 Å². The Morgan fingerprint density at radius 2 is 1.19 bits per heavy atom. The molecule has 4 nitrogen and oxygen atoms in total. The molecule has 6 heteroatoms. The van der Waals surface area contributed by atoms with Gasteiger partial charge in [0, 0.05) is 49.7 Å². The van der Waals surface area contributed by atoms with Crippen molar-refractivity contribution in [3.63, 3.8) is 0 Å². The van der Waals surface area contributed by atoms with Gasteiger partial charge in [0.1, 0.15) is 0 Å². The summed E-state index contributed by atoms with van der Waals surface area (Å²) in [5, 5.41) is 2.02. The molecule has 0 spiro atoms. The van der Waals surface area contributed by atoms with E-state index in [0.717, 1.165) is 37.3 Å². The molecule has 0 bridgehead atoms. The Hall–Kier alpha value is -1.60. The lowest BCUT2D eigenvalue weighted by Gasteiger charge is -2.21. The van der Waals surface area contributed by atoms with Gasteiger partial charge in [-0.3, -0.25) is 14.8 Å². The summed E-state index contributed by atoms with van der Waals surface area (Å²) in [5.41, 5.74) is 3.32. The third-order valence-electron chi connectivity index (χ3n) is 3.94. The smallest absolute Gasteiger partial charge is 0.0935 e. The van der Waals surface area contributed by atoms with Crippen LogP contribution in [-0.4, -0.2) is 28.1 Å². The van der Waals surface area contributed by atoms with Gasteiger partial charge < -0.3 is 0 Å². The summed E-state index contributed by atoms with van der Waals surface area (Å²) < 4.78 is 0. The fourth-order valence-electron chi connectivity index (χ4n) is 2.55. The first-order chi connectivity index (χ1) is 12.4. The van der Waals surface area contributed by atoms with Gasteiger partial charge in [-0.05, 0) is 29.8 Å². The molecule has 0 fully saturated rings. The molecule has 3 aromatic rings. The fraction of sp³-hybridized carbons (Fsp3) is 0.238. The molecule has 0 saturated carbocycles. The summed E-state index contributed by atoms with van der Waals surface area (Å²) in [4.78, 5) is 14.8. The van der Waals surface area contributed by atoms with Crippen molar-refractivity contribution in [2.24, 2.45) is 0 Å². The molecule has 3 rings (SSSR count). The van der Waals surface area contributed by atoms with E-state index >= 15 is 0 Å². The van der Waals surface area contributed by atoms with Crippen molar-refractivity contribution in [1.82, 2.24) is 15.0 Å². The molecular weight excluding hydrogens is 470 g/mol. The number of hydroxylamine groups is 2. The van der Waals surface area contributed by atoms with E-state index < -0.39 is 0 Å². The summed E-state index contributed by atoms with van der Waals surface area (Å²) in [6, 6.07) is 22.3. The number of hydrogen-bond donors (Lipinski definition) is 0. The minimum Gasteiger partial charge on any atom is -0.294 e. The predicted octanol–water partition coefficient (Wildman–Crippen LogP) is 4.85. The van der Waals surface area contributed by atoms with E-state index in [2.05, 4.69) is 22.1 Å². The molecule has 0 aliphatic carbocycles. The lowest BCUT2D eigenvalue weighted by atomic mass is 10.2. The standard InChI is InChI=1S/C21H23N3O.2BrH/c1-2-8-19(9-3-1)18-25-24(16-12-20-10-4-6-14-22-20)17-13-21-11-5-7-15-23-21;;/h1-11,14-15H,12-13,16-18H2;2*1H. The van der Waals surface area contributed by atoms with Crippen molar-refractivity contribution in [2.45, 2.75) is 19.4 Å². The Morgan fingerprint density at radius 1 is 0.667 bits per heavy atom. The molecule has 0 N–H and O–H groups in total. The normalized spacial score (nSPS) is 10.1. The van der Waals surface area contributed by atoms with Crippen molar-refractivity contribution in [3.05, 3.63) is 96.1 Å². The van der Waals surface area contributed by atoms with E-state index in [-0.39, 0.29) is 34.0 Å². The van der Waals surface area contributed by atoms with Gasteiger partial charge in [-0.1, -0.05) is 42.5 Å². The lowest BCUT2D eigenvalue weighted by molar-refractivity contribution is -0.168. The van der Waals surface area contributed by atoms with Crippen molar-refractivity contribution < 1.29 is 4.84 Å². The van der Waals surface area contributed by atoms with E-state index in [1.807, 2.05) is 72.1 Å². The number of hydrogen-bond acceptors (Lipinski definition) is 4. The molecule has 27 heavy (non-hydrogen) atoms. The molecule has 0 aliphatic rings. The molecular formula is C21H25Br2N3O. The summed E-state index contributed by atoms with van der Waals surface area (Å²) in [7, 11) is 0. The maximum atomic E-state index is 6.05. The summed E-state index contributed by atoms with van der Waals surface area (Å²) in [6.07, 6.45) is 5.38. The number of pyridine rings is 2. The van der Waals surface area contributed by atoms with Crippen LogP contribution in [-0.2, 0) is 24.3 Å². The molecule has 2 aromatic heterocycles. The minimum absolute atomic E-state index is 0. The highest BCUT2D eigenvalue weighted by Gasteiger charge is 2.08. The van der Waals surface area contributed by atoms with E-state index in [1.54, 1.807) is 0 Å². The molecule has 2 heterocycles. The van der Waals surface area contributed by atoms with Crippen LogP contribution in [0.5, 0.6) is 0 Å². The zero-order valence-corrected chi connectivity index (χ0v) is 18.5. The maximum absolute atomic E-state index is 6.05. The third-order valence-corrected chi connectivity index (χ3v) is 3.94. The monoisotopic (exact) mass is 493 g/mol. The van der Waals surface area contributed by atoms with Gasteiger partial charge in [0.05, 0.1) is 6.61 Å². The Balaban J connectivity index is 0.00000182. The Bertz CT molecular complexity index is 627. The zero-order chi connectivity index (χ0) is 17.2. The van der Waals surface area contributed by atoms with Gasteiger partial charge in [0.15, 0.2) is 0 Å². The highest BCUT2D eigenvalue weighted by atomic mass is 79.9. The van der Waals surface area contributed by atoms with E-state index in [1.165, 1.54) is 5.56 Å². The Morgan fingerprint density at radius 3 is 1.67 bits per heavy atom. The number of aromatic nitrogens is 2. The van der Waals surface area contributed by atoms with Crippen molar-refractivity contribution in [3.8, 4) is 0 Å². The van der Waals surface area contributed by atoms with Gasteiger partial charge in [0.2, 0.25) is 0 Å². The second kappa shape index (κ2) is 13.6. The Labute approximate surface area is 182 Å². The average molecular weight is 495 g/mol. The second-order valence-electron chi connectivity index (χ2n) is 5.83. The highest BCUT2D eigenvalue weighted by Crippen LogP contribution is 2.06. The lowest BCUT2D eigenvalue weighted by Crippen LogP contribution is -2.29. The van der Waals surface area contributed by atoms with Crippen LogP contribution >= 0.6 is 34.0 Å². The first-order valence-corrected chi connectivity index (χ1v) is 8.62. The van der Waals surface area contributed by atoms with Gasteiger partial charge in [-0.15, -0.1) is 34.0 Å². The van der Waals surface area contributed by atoms with Crippen LogP contribution in [0.1, 0.15) is 17.0 Å². The zero-order valence-electron chi connectivity index (χ0n) is 15.1. The van der Waals surface area contributed by atoms with Crippen LogP contribution in [0, 0.1) is 0 Å². The molecule has 1 aromatic carbocycles. The van der Waals surface area contributed by atoms with E-state index in [9.17, 15) is 0 Å². The van der Waals surface area contributed by atoms with Gasteiger partial charge in [0.25, 0.3) is 0 Å². The van der Waals surface area contributed by atoms with Crippen LogP contribution < -0.4 is 0 Å². The van der Waals surface area contributed by atoms with Crippen molar-refractivity contribution >= 4 is 34.0 Å². The first kappa shape index (κ1) is 23.4. The van der Waals surface area contributed by atoms with Crippen LogP contribution in [0.2, 0.25) is 0 Å². The van der Waals surface area contributed by atoms with E-state index in [0.29, 0.717) is 6.61 Å². The molecule has 0 radical (unpaired) electrons. The number of nitrogens with zero attached hydrogens (tertiary/aromatic N) is 3. The van der Waals surface area contributed by atoms with Gasteiger partial charge >= 0.3 is 0 Å². The number of halogens is 2. The SMILES string of the molecule is Br.Br.c1ccc(CON(CCc2ccccn2)CCc2ccccn2)cc1. The molecule has 0 atom stereocenters. The van der Waals surface area contributed by atoms with Crippen LogP contribution in [0.25, 0.3) is 0 Å². The first-order valence-electron chi connectivity index (χ1n) is 8.62. The van der Waals surface area contributed by atoms with Crippen LogP contribution in [0.3, 0.4) is 0 Å². The quantitative estimate of drug-likeness (QED) is 0.398. The molecule has 0 aliphatic heterocycles. The van der Waals surface area contributed by atoms with Crippen LogP contribution in [0.4, 0.5) is 0 Å². The molecule has 0 amide bonds. The topological polar surface area (TPSA) is 38.2 Å². The molecule has 0 saturated heterocycles. The number of benzene rings is 1. The second-order valence-corrected chi connectivity index (χ2v) is 5.83. The van der Waals surface area contributed by atoms with Crippen molar-refractivity contribution in [2.75, 3.05) is 13.1 Å². The largest absolute Gasteiger partial charge is 0.294 e. The fourth-order valence-corrected chi connectivity index (χ4v) is 2.55. The minimum atomic E-state index is 0. The predicted molar refractivity (Wildman–Crippen MR) is 119 cm³/mol. The summed E-state index contributed by atoms with van der Waals surface area (Å²) in [6.45, 7) is 2.18.